The maximum absolute atomic E-state index is 12.6. The van der Waals surface area contributed by atoms with E-state index in [0.29, 0.717) is 6.42 Å². The fraction of sp³-hybridized carbons (Fsp3) is 0.884. The third-order valence-electron chi connectivity index (χ3n) is 9.98. The molecule has 7 nitrogen and oxygen atoms in total. The first-order chi connectivity index (χ1) is 24.7. The molecule has 0 radical (unpaired) electrons. The van der Waals surface area contributed by atoms with E-state index in [1.54, 1.807) is 0 Å². The van der Waals surface area contributed by atoms with Gasteiger partial charge in [0.15, 0.2) is 0 Å². The fourth-order valence-electron chi connectivity index (χ4n) is 6.63. The normalized spacial score (nSPS) is 14.1. The molecule has 3 unspecified atom stereocenters. The highest BCUT2D eigenvalue weighted by atomic mass is 32.2. The fourth-order valence-corrected chi connectivity index (χ4v) is 7.36. The minimum atomic E-state index is -4.44. The van der Waals surface area contributed by atoms with Crippen LogP contribution in [-0.2, 0) is 14.9 Å². The van der Waals surface area contributed by atoms with Crippen LogP contribution in [-0.4, -0.2) is 53.1 Å². The molecular formula is C43H83NO6S. The highest BCUT2D eigenvalue weighted by Crippen LogP contribution is 2.16. The summed E-state index contributed by atoms with van der Waals surface area (Å²) in [7, 11) is -4.44. The number of carbonyl (C=O) groups excluding carboxylic acids is 1. The third-order valence-corrected chi connectivity index (χ3v) is 10.8. The topological polar surface area (TPSA) is 124 Å². The van der Waals surface area contributed by atoms with Crippen LogP contribution < -0.4 is 5.32 Å². The van der Waals surface area contributed by atoms with Gasteiger partial charge in [-0.15, -0.1) is 0 Å². The third kappa shape index (κ3) is 36.9. The van der Waals surface area contributed by atoms with Gasteiger partial charge in [0, 0.05) is 0 Å². The molecule has 0 fully saturated rings. The van der Waals surface area contributed by atoms with Gasteiger partial charge < -0.3 is 15.5 Å². The van der Waals surface area contributed by atoms with Gasteiger partial charge in [-0.25, -0.2) is 0 Å². The van der Waals surface area contributed by atoms with Crippen LogP contribution in [0.1, 0.15) is 219 Å². The van der Waals surface area contributed by atoms with Gasteiger partial charge in [-0.2, -0.15) is 8.42 Å². The molecule has 51 heavy (non-hydrogen) atoms. The molecular weight excluding hydrogens is 659 g/mol. The van der Waals surface area contributed by atoms with Gasteiger partial charge in [-0.3, -0.25) is 9.35 Å². The van der Waals surface area contributed by atoms with Gasteiger partial charge in [0.25, 0.3) is 10.1 Å². The van der Waals surface area contributed by atoms with Crippen molar-refractivity contribution >= 4 is 16.0 Å². The quantitative estimate of drug-likeness (QED) is 0.0282. The molecule has 0 heterocycles. The second-order valence-corrected chi connectivity index (χ2v) is 16.6. The van der Waals surface area contributed by atoms with E-state index < -0.39 is 40.0 Å². The molecule has 3 atom stereocenters. The lowest BCUT2D eigenvalue weighted by Gasteiger charge is -2.22. The number of aliphatic hydroxyl groups is 2. The first-order valence-electron chi connectivity index (χ1n) is 21.6. The molecule has 0 aromatic rings. The molecule has 0 aromatic carbocycles. The van der Waals surface area contributed by atoms with Gasteiger partial charge in [0.05, 0.1) is 17.9 Å². The first-order valence-corrected chi connectivity index (χ1v) is 23.3. The number of rotatable bonds is 39. The Morgan fingerprint density at radius 2 is 0.863 bits per heavy atom. The molecule has 0 spiro atoms. The molecule has 0 saturated heterocycles. The van der Waals surface area contributed by atoms with Gasteiger partial charge in [0.2, 0.25) is 5.91 Å². The number of hydrogen-bond donors (Lipinski definition) is 4. The van der Waals surface area contributed by atoms with E-state index in [4.69, 9.17) is 0 Å². The summed E-state index contributed by atoms with van der Waals surface area (Å²) in [5.41, 5.74) is 0. The van der Waals surface area contributed by atoms with Gasteiger partial charge in [0.1, 0.15) is 6.10 Å². The summed E-state index contributed by atoms with van der Waals surface area (Å²) in [5.74, 6) is -1.54. The molecule has 0 rings (SSSR count). The SMILES string of the molecule is CCCCCC/C=C\CCCCCCCCC(O)C(=O)NC(CS(=O)(=O)O)C(O)/C=C/CCCCCCCCCCCCCCCCCCCC. The highest BCUT2D eigenvalue weighted by molar-refractivity contribution is 7.85. The lowest BCUT2D eigenvalue weighted by molar-refractivity contribution is -0.130. The van der Waals surface area contributed by atoms with Gasteiger partial charge in [-0.1, -0.05) is 199 Å². The van der Waals surface area contributed by atoms with E-state index in [-0.39, 0.29) is 6.42 Å². The Kier molecular flexibility index (Phi) is 36.2. The number of carbonyl (C=O) groups is 1. The smallest absolute Gasteiger partial charge is 0.267 e. The summed E-state index contributed by atoms with van der Waals surface area (Å²) in [6.07, 6.45) is 43.8. The van der Waals surface area contributed by atoms with Crippen LogP contribution in [0.2, 0.25) is 0 Å². The number of allylic oxidation sites excluding steroid dienone is 3. The lowest BCUT2D eigenvalue weighted by Crippen LogP contribution is -2.50. The summed E-state index contributed by atoms with van der Waals surface area (Å²) in [5, 5.41) is 23.4. The standard InChI is InChI=1S/C43H83NO6S/c1-3-5-7-9-11-13-15-17-19-20-21-22-23-24-26-27-29-31-33-35-37-41(45)40(39-51(48,49)50)44-43(47)42(46)38-36-34-32-30-28-25-18-16-14-12-10-8-6-4-2/h14,16,35,37,40-42,45-46H,3-13,15,17-34,36,38-39H2,1-2H3,(H,44,47)(H,48,49,50)/b16-14-,37-35+. The van der Waals surface area contributed by atoms with Crippen LogP contribution in [0, 0.1) is 0 Å². The van der Waals surface area contributed by atoms with Crippen LogP contribution in [0.15, 0.2) is 24.3 Å². The minimum Gasteiger partial charge on any atom is -0.387 e. The molecule has 0 aliphatic heterocycles. The monoisotopic (exact) mass is 742 g/mol. The van der Waals surface area contributed by atoms with E-state index in [9.17, 15) is 28.0 Å². The van der Waals surface area contributed by atoms with Crippen molar-refractivity contribution in [2.45, 2.75) is 238 Å². The zero-order valence-electron chi connectivity index (χ0n) is 33.4. The molecule has 0 aromatic heterocycles. The predicted octanol–water partition coefficient (Wildman–Crippen LogP) is 11.7. The van der Waals surface area contributed by atoms with Crippen LogP contribution in [0.3, 0.4) is 0 Å². The van der Waals surface area contributed by atoms with Crippen molar-refractivity contribution in [3.05, 3.63) is 24.3 Å². The van der Waals surface area contributed by atoms with Crippen LogP contribution in [0.5, 0.6) is 0 Å². The van der Waals surface area contributed by atoms with Gasteiger partial charge >= 0.3 is 0 Å². The zero-order chi connectivity index (χ0) is 37.7. The second-order valence-electron chi connectivity index (χ2n) is 15.1. The van der Waals surface area contributed by atoms with E-state index >= 15 is 0 Å². The maximum Gasteiger partial charge on any atom is 0.267 e. The molecule has 0 bridgehead atoms. The molecule has 1 amide bonds. The molecule has 0 saturated carbocycles. The van der Waals surface area contributed by atoms with E-state index in [0.717, 1.165) is 44.9 Å². The average Bonchev–Trinajstić information content (AvgIpc) is 3.09. The second kappa shape index (κ2) is 37.1. The van der Waals surface area contributed by atoms with Crippen molar-refractivity contribution in [3.63, 3.8) is 0 Å². The van der Waals surface area contributed by atoms with Crippen molar-refractivity contribution in [1.29, 1.82) is 0 Å². The zero-order valence-corrected chi connectivity index (χ0v) is 34.2. The van der Waals surface area contributed by atoms with Crippen molar-refractivity contribution < 1.29 is 28.0 Å². The summed E-state index contributed by atoms with van der Waals surface area (Å²) >= 11 is 0. The van der Waals surface area contributed by atoms with Crippen LogP contribution >= 0.6 is 0 Å². The van der Waals surface area contributed by atoms with Crippen molar-refractivity contribution in [1.82, 2.24) is 5.32 Å². The van der Waals surface area contributed by atoms with Crippen molar-refractivity contribution in [2.75, 3.05) is 5.75 Å². The summed E-state index contributed by atoms with van der Waals surface area (Å²) in [6, 6.07) is -1.23. The first kappa shape index (κ1) is 49.8. The number of hydrogen-bond acceptors (Lipinski definition) is 5. The Morgan fingerprint density at radius 1 is 0.529 bits per heavy atom. The molecule has 4 N–H and O–H groups in total. The number of nitrogens with one attached hydrogen (secondary N) is 1. The average molecular weight is 742 g/mol. The Hall–Kier alpha value is -1.22. The van der Waals surface area contributed by atoms with Crippen LogP contribution in [0.25, 0.3) is 0 Å². The largest absolute Gasteiger partial charge is 0.387 e. The molecule has 302 valence electrons. The van der Waals surface area contributed by atoms with Crippen molar-refractivity contribution in [3.8, 4) is 0 Å². The predicted molar refractivity (Wildman–Crippen MR) is 218 cm³/mol. The lowest BCUT2D eigenvalue weighted by atomic mass is 10.0. The molecule has 0 aliphatic rings. The minimum absolute atomic E-state index is 0.274. The Labute approximate surface area is 316 Å². The Balaban J connectivity index is 3.99. The summed E-state index contributed by atoms with van der Waals surface area (Å²) in [6.45, 7) is 4.50. The summed E-state index contributed by atoms with van der Waals surface area (Å²) in [4.78, 5) is 12.6. The highest BCUT2D eigenvalue weighted by Gasteiger charge is 2.27. The van der Waals surface area contributed by atoms with E-state index in [2.05, 4.69) is 31.3 Å². The molecule has 0 aliphatic carbocycles. The number of amides is 1. The Morgan fingerprint density at radius 3 is 1.25 bits per heavy atom. The maximum atomic E-state index is 12.6. The van der Waals surface area contributed by atoms with Crippen LogP contribution in [0.4, 0.5) is 0 Å². The van der Waals surface area contributed by atoms with E-state index in [1.165, 1.54) is 154 Å². The van der Waals surface area contributed by atoms with Gasteiger partial charge in [-0.05, 0) is 44.9 Å². The summed E-state index contributed by atoms with van der Waals surface area (Å²) < 4.78 is 32.5. The number of unbranched alkanes of at least 4 members (excludes halogenated alkanes) is 28. The Bertz CT molecular complexity index is 921. The molecule has 8 heteroatoms. The van der Waals surface area contributed by atoms with Crippen molar-refractivity contribution in [2.24, 2.45) is 0 Å². The van der Waals surface area contributed by atoms with E-state index in [1.807, 2.05) is 6.08 Å². The number of aliphatic hydroxyl groups excluding tert-OH is 2.